The highest BCUT2D eigenvalue weighted by Gasteiger charge is 2.22. The van der Waals surface area contributed by atoms with Gasteiger partial charge in [0.2, 0.25) is 12.3 Å². The van der Waals surface area contributed by atoms with E-state index in [1.54, 1.807) is 19.1 Å². The first kappa shape index (κ1) is 22.9. The van der Waals surface area contributed by atoms with Crippen molar-refractivity contribution in [1.29, 1.82) is 0 Å². The molecule has 0 spiro atoms. The van der Waals surface area contributed by atoms with Gasteiger partial charge in [-0.15, -0.1) is 12.3 Å². The fourth-order valence-corrected chi connectivity index (χ4v) is 1.74. The first-order valence-electron chi connectivity index (χ1n) is 7.98. The van der Waals surface area contributed by atoms with Gasteiger partial charge in [0.1, 0.15) is 0 Å². The lowest BCUT2D eigenvalue weighted by molar-refractivity contribution is -0.138. The Labute approximate surface area is 153 Å². The van der Waals surface area contributed by atoms with Crippen LogP contribution in [0.2, 0.25) is 0 Å². The average Bonchev–Trinajstić information content (AvgIpc) is 2.65. The molecule has 0 aromatic rings. The van der Waals surface area contributed by atoms with Gasteiger partial charge in [-0.25, -0.2) is 4.79 Å². The highest BCUT2D eigenvalue weighted by atomic mass is 16.5. The molecule has 0 atom stereocenters. The fraction of sp³-hybridized carbons (Fsp3) is 0.368. The Balaban J connectivity index is 5.31. The molecule has 2 amide bonds. The van der Waals surface area contributed by atoms with Crippen LogP contribution < -0.4 is 5.32 Å². The van der Waals surface area contributed by atoms with Crippen molar-refractivity contribution in [3.8, 4) is 12.3 Å². The normalized spacial score (nSPS) is 12.0. The molecule has 0 heterocycles. The number of esters is 1. The summed E-state index contributed by atoms with van der Waals surface area (Å²) in [5.74, 6) is 0.440. The number of carbonyl (C=O) groups excluding carboxylic acids is 4. The summed E-state index contributed by atoms with van der Waals surface area (Å²) in [7, 11) is 1.46. The molecule has 0 aromatic carbocycles. The van der Waals surface area contributed by atoms with Gasteiger partial charge in [0.15, 0.2) is 5.78 Å². The van der Waals surface area contributed by atoms with E-state index in [9.17, 15) is 19.2 Å². The Morgan fingerprint density at radius 3 is 2.42 bits per heavy atom. The zero-order chi connectivity index (χ0) is 20.1. The van der Waals surface area contributed by atoms with Crippen molar-refractivity contribution in [2.75, 3.05) is 13.6 Å². The van der Waals surface area contributed by atoms with E-state index in [2.05, 4.69) is 11.2 Å². The number of Topliss-reactive ketones (excluding diaryl/α,β-unsaturated/α-hetero) is 1. The van der Waals surface area contributed by atoms with E-state index in [1.807, 2.05) is 6.92 Å². The molecule has 0 fully saturated rings. The molecule has 0 radical (unpaired) electrons. The molecule has 26 heavy (non-hydrogen) atoms. The van der Waals surface area contributed by atoms with E-state index in [0.717, 1.165) is 0 Å². The molecule has 0 saturated heterocycles. The summed E-state index contributed by atoms with van der Waals surface area (Å²) in [5, 5.41) is 2.59. The van der Waals surface area contributed by atoms with E-state index < -0.39 is 24.2 Å². The number of allylic oxidation sites excluding steroid dienone is 2. The fourth-order valence-electron chi connectivity index (χ4n) is 1.74. The van der Waals surface area contributed by atoms with Crippen LogP contribution in [0.5, 0.6) is 0 Å². The number of nitrogens with one attached hydrogen (secondary N) is 1. The van der Waals surface area contributed by atoms with Gasteiger partial charge in [-0.05, 0) is 25.8 Å². The van der Waals surface area contributed by atoms with Crippen LogP contribution in [0.25, 0.3) is 0 Å². The van der Waals surface area contributed by atoms with Crippen LogP contribution in [0, 0.1) is 12.3 Å². The third-order valence-corrected chi connectivity index (χ3v) is 3.25. The second-order valence-electron chi connectivity index (χ2n) is 5.19. The minimum Gasteiger partial charge on any atom is -0.406 e. The Morgan fingerprint density at radius 1 is 1.27 bits per heavy atom. The van der Waals surface area contributed by atoms with E-state index in [-0.39, 0.29) is 24.3 Å². The molecule has 7 nitrogen and oxygen atoms in total. The number of hydrogen-bond acceptors (Lipinski definition) is 6. The number of rotatable bonds is 10. The maximum Gasteiger partial charge on any atom is 0.337 e. The minimum atomic E-state index is -0.755. The Hall–Kier alpha value is -3.14. The highest BCUT2D eigenvalue weighted by Crippen LogP contribution is 2.09. The number of nitrogens with zero attached hydrogens (tertiary/aromatic N) is 1. The van der Waals surface area contributed by atoms with Crippen molar-refractivity contribution in [2.45, 2.75) is 33.6 Å². The molecule has 0 saturated carbocycles. The molecule has 0 aliphatic rings. The van der Waals surface area contributed by atoms with E-state index in [4.69, 9.17) is 11.2 Å². The smallest absolute Gasteiger partial charge is 0.337 e. The van der Waals surface area contributed by atoms with Gasteiger partial charge in [0.25, 0.3) is 5.91 Å². The zero-order valence-electron chi connectivity index (χ0n) is 15.5. The number of ether oxygens (including phenoxy) is 1. The largest absolute Gasteiger partial charge is 0.406 e. The molecule has 1 N–H and O–H groups in total. The number of carbonyl (C=O) groups is 4. The first-order chi connectivity index (χ1) is 12.3. The SMILES string of the molecule is C#CC/C=C(\C)C(=O)CN(C=O)C(=O)/C(C)=C(\NC)OC(=O)/C=C/CC. The first-order valence-corrected chi connectivity index (χ1v) is 7.98. The molecule has 0 aliphatic carbocycles. The Bertz CT molecular complexity index is 681. The van der Waals surface area contributed by atoms with Crippen LogP contribution in [0.4, 0.5) is 0 Å². The van der Waals surface area contributed by atoms with Crippen LogP contribution in [0.15, 0.2) is 35.3 Å². The van der Waals surface area contributed by atoms with E-state index in [1.165, 1.54) is 20.0 Å². The van der Waals surface area contributed by atoms with Crippen LogP contribution in [0.1, 0.15) is 33.6 Å². The summed E-state index contributed by atoms with van der Waals surface area (Å²) >= 11 is 0. The quantitative estimate of drug-likeness (QED) is 0.208. The van der Waals surface area contributed by atoms with Gasteiger partial charge >= 0.3 is 5.97 Å². The molecule has 7 heteroatoms. The number of terminal acetylenes is 1. The molecular formula is C19H24N2O5. The lowest BCUT2D eigenvalue weighted by atomic mass is 10.1. The van der Waals surface area contributed by atoms with Crippen LogP contribution in [-0.2, 0) is 23.9 Å². The van der Waals surface area contributed by atoms with Crippen molar-refractivity contribution < 1.29 is 23.9 Å². The van der Waals surface area contributed by atoms with Gasteiger partial charge in [-0.3, -0.25) is 19.3 Å². The summed E-state index contributed by atoms with van der Waals surface area (Å²) in [6, 6.07) is 0. The Kier molecular flexibility index (Phi) is 10.8. The van der Waals surface area contributed by atoms with Crippen molar-refractivity contribution in [3.05, 3.63) is 35.3 Å². The molecule has 0 bridgehead atoms. The maximum atomic E-state index is 12.4. The zero-order valence-corrected chi connectivity index (χ0v) is 15.5. The summed E-state index contributed by atoms with van der Waals surface area (Å²) in [4.78, 5) is 48.1. The van der Waals surface area contributed by atoms with E-state index in [0.29, 0.717) is 16.9 Å². The van der Waals surface area contributed by atoms with Crippen molar-refractivity contribution >= 4 is 24.1 Å². The van der Waals surface area contributed by atoms with Gasteiger partial charge in [0.05, 0.1) is 12.1 Å². The lowest BCUT2D eigenvalue weighted by Gasteiger charge is -2.17. The van der Waals surface area contributed by atoms with Crippen molar-refractivity contribution in [2.24, 2.45) is 0 Å². The van der Waals surface area contributed by atoms with Crippen LogP contribution in [-0.4, -0.2) is 42.6 Å². The molecule has 0 aliphatic heterocycles. The standard InChI is InChI=1S/C19H24N2O5/c1-6-8-10-14(3)16(23)12-21(13-22)19(25)15(4)18(20-5)26-17(24)11-9-7-2/h1,9-11,13,20H,7-8,12H2,2-5H3/b11-9+,14-10+,18-15+. The van der Waals surface area contributed by atoms with Crippen molar-refractivity contribution in [3.63, 3.8) is 0 Å². The molecule has 0 unspecified atom stereocenters. The highest BCUT2D eigenvalue weighted by molar-refractivity contribution is 6.05. The van der Waals surface area contributed by atoms with Gasteiger partial charge in [-0.1, -0.05) is 19.1 Å². The number of imide groups is 1. The van der Waals surface area contributed by atoms with Gasteiger partial charge in [-0.2, -0.15) is 0 Å². The topological polar surface area (TPSA) is 92.8 Å². The van der Waals surface area contributed by atoms with Crippen LogP contribution >= 0.6 is 0 Å². The van der Waals surface area contributed by atoms with Crippen molar-refractivity contribution in [1.82, 2.24) is 10.2 Å². The van der Waals surface area contributed by atoms with Gasteiger partial charge in [0, 0.05) is 19.5 Å². The minimum absolute atomic E-state index is 0.0177. The summed E-state index contributed by atoms with van der Waals surface area (Å²) in [6.45, 7) is 4.35. The molecule has 0 rings (SSSR count). The Morgan fingerprint density at radius 2 is 1.92 bits per heavy atom. The average molecular weight is 360 g/mol. The lowest BCUT2D eigenvalue weighted by Crippen LogP contribution is -2.36. The third kappa shape index (κ3) is 7.62. The molecular weight excluding hydrogens is 336 g/mol. The van der Waals surface area contributed by atoms with Gasteiger partial charge < -0.3 is 10.1 Å². The molecule has 140 valence electrons. The molecule has 0 aromatic heterocycles. The maximum absolute atomic E-state index is 12.4. The number of ketones is 1. The monoisotopic (exact) mass is 360 g/mol. The van der Waals surface area contributed by atoms with Crippen LogP contribution in [0.3, 0.4) is 0 Å². The summed E-state index contributed by atoms with van der Waals surface area (Å²) in [6.07, 6.45) is 10.7. The second kappa shape index (κ2) is 12.3. The number of hydrogen-bond donors (Lipinski definition) is 1. The predicted octanol–water partition coefficient (Wildman–Crippen LogP) is 1.47. The number of amides is 2. The summed E-state index contributed by atoms with van der Waals surface area (Å²) in [5.41, 5.74) is 0.338. The third-order valence-electron chi connectivity index (χ3n) is 3.25. The second-order valence-corrected chi connectivity index (χ2v) is 5.19. The predicted molar refractivity (Wildman–Crippen MR) is 97.3 cm³/mol. The summed E-state index contributed by atoms with van der Waals surface area (Å²) < 4.78 is 5.05. The van der Waals surface area contributed by atoms with E-state index >= 15 is 0 Å².